The van der Waals surface area contributed by atoms with Crippen LogP contribution in [0.4, 0.5) is 0 Å². The van der Waals surface area contributed by atoms with Crippen LogP contribution in [0.25, 0.3) is 0 Å². The van der Waals surface area contributed by atoms with E-state index in [1.807, 2.05) is 0 Å². The maximum absolute atomic E-state index is 11.6. The van der Waals surface area contributed by atoms with Crippen LogP contribution in [0.1, 0.15) is 46.0 Å². The smallest absolute Gasteiger partial charge is 0.227 e. The molecular formula is C12H19NO3. The Balaban J connectivity index is 2.48. The lowest BCUT2D eigenvalue weighted by molar-refractivity contribution is -0.128. The molecule has 1 rings (SSSR count). The Morgan fingerprint density at radius 1 is 1.12 bits per heavy atom. The fourth-order valence-electron chi connectivity index (χ4n) is 2.26. The van der Waals surface area contributed by atoms with Crippen molar-refractivity contribution in [3.8, 4) is 0 Å². The Bertz CT molecular complexity index is 303. The van der Waals surface area contributed by atoms with E-state index in [2.05, 4.69) is 5.32 Å². The second-order valence-electron chi connectivity index (χ2n) is 4.70. The van der Waals surface area contributed by atoms with Gasteiger partial charge in [0.1, 0.15) is 11.6 Å². The highest BCUT2D eigenvalue weighted by atomic mass is 16.2. The van der Waals surface area contributed by atoms with Gasteiger partial charge in [-0.15, -0.1) is 0 Å². The molecule has 0 aromatic carbocycles. The van der Waals surface area contributed by atoms with Crippen LogP contribution in [0.5, 0.6) is 0 Å². The summed E-state index contributed by atoms with van der Waals surface area (Å²) in [6.45, 7) is 3.35. The maximum Gasteiger partial charge on any atom is 0.227 e. The van der Waals surface area contributed by atoms with Crippen molar-refractivity contribution in [3.63, 3.8) is 0 Å². The third-order valence-corrected chi connectivity index (χ3v) is 3.34. The molecule has 0 unspecified atom stereocenters. The van der Waals surface area contributed by atoms with E-state index >= 15 is 0 Å². The SMILES string of the molecule is CC(=O)CC(=O)NCC1(C(C)=O)CCCC1. The predicted molar refractivity (Wildman–Crippen MR) is 59.9 cm³/mol. The summed E-state index contributed by atoms with van der Waals surface area (Å²) in [5.74, 6) is -0.283. The molecule has 0 radical (unpaired) electrons. The van der Waals surface area contributed by atoms with E-state index in [0.717, 1.165) is 25.7 Å². The lowest BCUT2D eigenvalue weighted by atomic mass is 9.82. The molecule has 4 heteroatoms. The number of hydrogen-bond donors (Lipinski definition) is 1. The highest BCUT2D eigenvalue weighted by molar-refractivity contribution is 5.97. The molecule has 0 spiro atoms. The zero-order valence-electron chi connectivity index (χ0n) is 9.97. The van der Waals surface area contributed by atoms with Gasteiger partial charge >= 0.3 is 0 Å². The second-order valence-corrected chi connectivity index (χ2v) is 4.70. The standard InChI is InChI=1S/C12H19NO3/c1-9(14)7-11(16)13-8-12(10(2)15)5-3-4-6-12/h3-8H2,1-2H3,(H,13,16). The number of rotatable bonds is 5. The van der Waals surface area contributed by atoms with Crippen molar-refractivity contribution in [2.45, 2.75) is 46.0 Å². The van der Waals surface area contributed by atoms with Crippen LogP contribution in [0.3, 0.4) is 0 Å². The van der Waals surface area contributed by atoms with E-state index in [1.54, 1.807) is 6.92 Å². The van der Waals surface area contributed by atoms with Crippen molar-refractivity contribution in [3.05, 3.63) is 0 Å². The van der Waals surface area contributed by atoms with Crippen molar-refractivity contribution in [2.24, 2.45) is 5.41 Å². The van der Waals surface area contributed by atoms with Crippen LogP contribution in [0, 0.1) is 5.41 Å². The third-order valence-electron chi connectivity index (χ3n) is 3.34. The molecule has 16 heavy (non-hydrogen) atoms. The zero-order valence-corrected chi connectivity index (χ0v) is 9.97. The molecule has 0 bridgehead atoms. The van der Waals surface area contributed by atoms with E-state index in [0.29, 0.717) is 6.54 Å². The van der Waals surface area contributed by atoms with Crippen LogP contribution in [0.2, 0.25) is 0 Å². The largest absolute Gasteiger partial charge is 0.355 e. The summed E-state index contributed by atoms with van der Waals surface area (Å²) in [4.78, 5) is 33.7. The molecule has 0 aromatic heterocycles. The zero-order chi connectivity index (χ0) is 12.2. The monoisotopic (exact) mass is 225 g/mol. The lowest BCUT2D eigenvalue weighted by Crippen LogP contribution is -2.40. The molecule has 0 aromatic rings. The molecule has 1 aliphatic rings. The molecule has 1 saturated carbocycles. The lowest BCUT2D eigenvalue weighted by Gasteiger charge is -2.25. The average molecular weight is 225 g/mol. The van der Waals surface area contributed by atoms with Gasteiger partial charge in [-0.1, -0.05) is 12.8 Å². The van der Waals surface area contributed by atoms with Crippen LogP contribution < -0.4 is 5.32 Å². The van der Waals surface area contributed by atoms with Gasteiger partial charge in [0.05, 0.1) is 6.42 Å². The topological polar surface area (TPSA) is 63.2 Å². The predicted octanol–water partition coefficient (Wildman–Crippen LogP) is 1.23. The summed E-state index contributed by atoms with van der Waals surface area (Å²) in [6.07, 6.45) is 3.70. The fourth-order valence-corrected chi connectivity index (χ4v) is 2.26. The first kappa shape index (κ1) is 12.9. The van der Waals surface area contributed by atoms with E-state index < -0.39 is 0 Å². The first-order valence-electron chi connectivity index (χ1n) is 5.73. The van der Waals surface area contributed by atoms with E-state index in [9.17, 15) is 14.4 Å². The molecule has 1 amide bonds. The van der Waals surface area contributed by atoms with Crippen LogP contribution >= 0.6 is 0 Å². The van der Waals surface area contributed by atoms with Crippen LogP contribution in [0.15, 0.2) is 0 Å². The normalized spacial score (nSPS) is 18.1. The molecule has 4 nitrogen and oxygen atoms in total. The number of carbonyl (C=O) groups excluding carboxylic acids is 3. The summed E-state index contributed by atoms with van der Waals surface area (Å²) < 4.78 is 0. The van der Waals surface area contributed by atoms with Crippen LogP contribution in [-0.2, 0) is 14.4 Å². The molecule has 90 valence electrons. The van der Waals surface area contributed by atoms with Gasteiger partial charge < -0.3 is 5.32 Å². The Morgan fingerprint density at radius 3 is 2.12 bits per heavy atom. The Kier molecular flexibility index (Phi) is 4.21. The van der Waals surface area contributed by atoms with Crippen molar-refractivity contribution in [1.29, 1.82) is 0 Å². The highest BCUT2D eigenvalue weighted by Crippen LogP contribution is 2.38. The highest BCUT2D eigenvalue weighted by Gasteiger charge is 2.38. The average Bonchev–Trinajstić information content (AvgIpc) is 2.63. The molecule has 1 N–H and O–H groups in total. The van der Waals surface area contributed by atoms with Gasteiger partial charge in [0.15, 0.2) is 0 Å². The Hall–Kier alpha value is -1.19. The Labute approximate surface area is 95.8 Å². The quantitative estimate of drug-likeness (QED) is 0.716. The fraction of sp³-hybridized carbons (Fsp3) is 0.750. The van der Waals surface area contributed by atoms with Gasteiger partial charge in [0.25, 0.3) is 0 Å². The van der Waals surface area contributed by atoms with Gasteiger partial charge in [-0.05, 0) is 26.7 Å². The van der Waals surface area contributed by atoms with E-state index in [-0.39, 0.29) is 29.3 Å². The molecule has 0 heterocycles. The summed E-state index contributed by atoms with van der Waals surface area (Å²) in [5, 5.41) is 2.70. The number of hydrogen-bond acceptors (Lipinski definition) is 3. The molecular weight excluding hydrogens is 206 g/mol. The van der Waals surface area contributed by atoms with Crippen molar-refractivity contribution < 1.29 is 14.4 Å². The number of ketones is 2. The second kappa shape index (κ2) is 5.23. The number of amides is 1. The maximum atomic E-state index is 11.6. The van der Waals surface area contributed by atoms with Crippen molar-refractivity contribution >= 4 is 17.5 Å². The minimum Gasteiger partial charge on any atom is -0.355 e. The molecule has 1 fully saturated rings. The van der Waals surface area contributed by atoms with Gasteiger partial charge in [0, 0.05) is 12.0 Å². The van der Waals surface area contributed by atoms with Crippen LogP contribution in [-0.4, -0.2) is 24.0 Å². The minimum atomic E-state index is -0.369. The van der Waals surface area contributed by atoms with Gasteiger partial charge in [-0.3, -0.25) is 14.4 Å². The Morgan fingerprint density at radius 2 is 1.69 bits per heavy atom. The molecule has 0 atom stereocenters. The van der Waals surface area contributed by atoms with E-state index in [1.165, 1.54) is 6.92 Å². The number of nitrogens with one attached hydrogen (secondary N) is 1. The molecule has 0 aliphatic heterocycles. The number of carbonyl (C=O) groups is 3. The summed E-state index contributed by atoms with van der Waals surface area (Å²) >= 11 is 0. The summed E-state index contributed by atoms with van der Waals surface area (Å²) in [7, 11) is 0. The van der Waals surface area contributed by atoms with Gasteiger partial charge in [-0.25, -0.2) is 0 Å². The minimum absolute atomic E-state index is 0.0893. The van der Waals surface area contributed by atoms with Gasteiger partial charge in [-0.2, -0.15) is 0 Å². The first-order chi connectivity index (χ1) is 7.46. The van der Waals surface area contributed by atoms with E-state index in [4.69, 9.17) is 0 Å². The molecule has 1 aliphatic carbocycles. The number of Topliss-reactive ketones (excluding diaryl/α,β-unsaturated/α-hetero) is 2. The van der Waals surface area contributed by atoms with Crippen molar-refractivity contribution in [2.75, 3.05) is 6.54 Å². The summed E-state index contributed by atoms with van der Waals surface area (Å²) in [6, 6.07) is 0. The third kappa shape index (κ3) is 3.15. The first-order valence-corrected chi connectivity index (χ1v) is 5.73. The molecule has 0 saturated heterocycles. The van der Waals surface area contributed by atoms with Gasteiger partial charge in [0.2, 0.25) is 5.91 Å². The summed E-state index contributed by atoms with van der Waals surface area (Å²) in [5.41, 5.74) is -0.369. The van der Waals surface area contributed by atoms with Crippen molar-refractivity contribution in [1.82, 2.24) is 5.32 Å².